The third kappa shape index (κ3) is 3.60. The molecule has 1 fully saturated rings. The summed E-state index contributed by atoms with van der Waals surface area (Å²) in [5, 5.41) is 4.28. The zero-order chi connectivity index (χ0) is 10.8. The van der Waals surface area contributed by atoms with Crippen molar-refractivity contribution in [3.8, 4) is 0 Å². The number of halogens is 1. The fraction of sp³-hybridized carbons (Fsp3) is 0.818. The maximum Gasteiger partial charge on any atom is 0.0336 e. The van der Waals surface area contributed by atoms with Crippen LogP contribution in [0.4, 0.5) is 0 Å². The fourth-order valence-electron chi connectivity index (χ4n) is 1.78. The van der Waals surface area contributed by atoms with E-state index >= 15 is 0 Å². The smallest absolute Gasteiger partial charge is 0.0336 e. The summed E-state index contributed by atoms with van der Waals surface area (Å²) < 4.78 is 0. The largest absolute Gasteiger partial charge is 0.311 e. The van der Waals surface area contributed by atoms with Crippen LogP contribution in [-0.2, 0) is 0 Å². The zero-order valence-electron chi connectivity index (χ0n) is 9.44. The van der Waals surface area contributed by atoms with Crippen LogP contribution in [0.2, 0.25) is 0 Å². The van der Waals surface area contributed by atoms with Crippen LogP contribution < -0.4 is 5.32 Å². The molecular formula is C11H21ClN2. The first-order valence-electron chi connectivity index (χ1n) is 5.18. The molecule has 1 heterocycles. The molecule has 0 aromatic carbocycles. The molecule has 0 radical (unpaired) electrons. The quantitative estimate of drug-likeness (QED) is 0.760. The van der Waals surface area contributed by atoms with E-state index in [1.54, 1.807) is 0 Å². The van der Waals surface area contributed by atoms with Gasteiger partial charge >= 0.3 is 0 Å². The van der Waals surface area contributed by atoms with Gasteiger partial charge in [-0.15, -0.1) is 0 Å². The van der Waals surface area contributed by atoms with E-state index in [4.69, 9.17) is 11.6 Å². The van der Waals surface area contributed by atoms with Crippen molar-refractivity contribution in [3.63, 3.8) is 0 Å². The third-order valence-corrected chi connectivity index (χ3v) is 2.82. The molecule has 0 aromatic heterocycles. The molecule has 0 saturated carbocycles. The molecule has 0 aliphatic carbocycles. The highest BCUT2D eigenvalue weighted by molar-refractivity contribution is 6.29. The van der Waals surface area contributed by atoms with E-state index in [9.17, 15) is 0 Å². The molecule has 0 spiro atoms. The summed E-state index contributed by atoms with van der Waals surface area (Å²) in [5.41, 5.74) is 0.312. The van der Waals surface area contributed by atoms with Crippen LogP contribution in [0.3, 0.4) is 0 Å². The summed E-state index contributed by atoms with van der Waals surface area (Å²) in [6.07, 6.45) is 0. The van der Waals surface area contributed by atoms with Gasteiger partial charge in [-0.05, 0) is 5.41 Å². The third-order valence-electron chi connectivity index (χ3n) is 2.70. The van der Waals surface area contributed by atoms with E-state index < -0.39 is 0 Å². The number of hydrogen-bond donors (Lipinski definition) is 1. The van der Waals surface area contributed by atoms with Crippen LogP contribution >= 0.6 is 11.6 Å². The van der Waals surface area contributed by atoms with Crippen molar-refractivity contribution in [2.75, 3.05) is 26.2 Å². The SMILES string of the molecule is C=C(Cl)CN1CCNC(C(C)(C)C)C1. The van der Waals surface area contributed by atoms with Gasteiger partial charge in [0.2, 0.25) is 0 Å². The molecule has 1 rings (SSSR count). The van der Waals surface area contributed by atoms with E-state index in [1.807, 2.05) is 0 Å². The molecule has 1 aliphatic rings. The minimum atomic E-state index is 0.312. The van der Waals surface area contributed by atoms with Crippen molar-refractivity contribution in [3.05, 3.63) is 11.6 Å². The van der Waals surface area contributed by atoms with Crippen LogP contribution in [0, 0.1) is 5.41 Å². The topological polar surface area (TPSA) is 15.3 Å². The predicted molar refractivity (Wildman–Crippen MR) is 62.7 cm³/mol. The summed E-state index contributed by atoms with van der Waals surface area (Å²) in [6.45, 7) is 14.5. The maximum absolute atomic E-state index is 5.82. The number of hydrogen-bond acceptors (Lipinski definition) is 2. The molecule has 82 valence electrons. The Morgan fingerprint density at radius 3 is 2.71 bits per heavy atom. The molecule has 1 aliphatic heterocycles. The molecule has 0 aromatic rings. The van der Waals surface area contributed by atoms with Crippen molar-refractivity contribution < 1.29 is 0 Å². The number of rotatable bonds is 2. The highest BCUT2D eigenvalue weighted by atomic mass is 35.5. The molecule has 0 bridgehead atoms. The summed E-state index contributed by atoms with van der Waals surface area (Å²) in [7, 11) is 0. The van der Waals surface area contributed by atoms with Crippen LogP contribution in [-0.4, -0.2) is 37.1 Å². The Bertz CT molecular complexity index is 208. The van der Waals surface area contributed by atoms with E-state index in [2.05, 4.69) is 37.6 Å². The molecule has 1 unspecified atom stereocenters. The van der Waals surface area contributed by atoms with E-state index in [0.717, 1.165) is 31.2 Å². The Kier molecular flexibility index (Phi) is 3.99. The molecule has 1 atom stereocenters. The lowest BCUT2D eigenvalue weighted by molar-refractivity contribution is 0.144. The number of nitrogens with one attached hydrogen (secondary N) is 1. The van der Waals surface area contributed by atoms with Crippen LogP contribution in [0.15, 0.2) is 11.6 Å². The maximum atomic E-state index is 5.82. The van der Waals surface area contributed by atoms with Gasteiger partial charge in [-0.25, -0.2) is 0 Å². The van der Waals surface area contributed by atoms with Crippen molar-refractivity contribution in [1.82, 2.24) is 10.2 Å². The molecule has 2 nitrogen and oxygen atoms in total. The first-order valence-corrected chi connectivity index (χ1v) is 5.56. The minimum Gasteiger partial charge on any atom is -0.311 e. The second-order valence-corrected chi connectivity index (χ2v) is 5.66. The summed E-state index contributed by atoms with van der Waals surface area (Å²) in [5.74, 6) is 0. The monoisotopic (exact) mass is 216 g/mol. The van der Waals surface area contributed by atoms with Gasteiger partial charge in [0.15, 0.2) is 0 Å². The number of nitrogens with zero attached hydrogens (tertiary/aromatic N) is 1. The normalized spacial score (nSPS) is 25.0. The van der Waals surface area contributed by atoms with Crippen molar-refractivity contribution >= 4 is 11.6 Å². The molecule has 1 N–H and O–H groups in total. The first kappa shape index (κ1) is 12.0. The Morgan fingerprint density at radius 2 is 2.21 bits per heavy atom. The van der Waals surface area contributed by atoms with Crippen molar-refractivity contribution in [1.29, 1.82) is 0 Å². The lowest BCUT2D eigenvalue weighted by Crippen LogP contribution is -2.55. The van der Waals surface area contributed by atoms with E-state index in [0.29, 0.717) is 11.5 Å². The first-order chi connectivity index (χ1) is 6.39. The van der Waals surface area contributed by atoms with Crippen LogP contribution in [0.5, 0.6) is 0 Å². The van der Waals surface area contributed by atoms with Gasteiger partial charge in [-0.3, -0.25) is 4.90 Å². The summed E-state index contributed by atoms with van der Waals surface area (Å²) in [6, 6.07) is 0.548. The zero-order valence-corrected chi connectivity index (χ0v) is 10.2. The van der Waals surface area contributed by atoms with Gasteiger partial charge in [0.25, 0.3) is 0 Å². The molecule has 0 amide bonds. The van der Waals surface area contributed by atoms with E-state index in [1.165, 1.54) is 0 Å². The Hall–Kier alpha value is -0.0500. The lowest BCUT2D eigenvalue weighted by Gasteiger charge is -2.40. The van der Waals surface area contributed by atoms with Crippen LogP contribution in [0.1, 0.15) is 20.8 Å². The predicted octanol–water partition coefficient (Wildman–Crippen LogP) is 2.06. The van der Waals surface area contributed by atoms with Gasteiger partial charge in [-0.1, -0.05) is 39.0 Å². The van der Waals surface area contributed by atoms with Gasteiger partial charge in [-0.2, -0.15) is 0 Å². The highest BCUT2D eigenvalue weighted by Gasteiger charge is 2.28. The van der Waals surface area contributed by atoms with Gasteiger partial charge in [0.1, 0.15) is 0 Å². The lowest BCUT2D eigenvalue weighted by atomic mass is 9.85. The van der Waals surface area contributed by atoms with Gasteiger partial charge < -0.3 is 5.32 Å². The summed E-state index contributed by atoms with van der Waals surface area (Å²) in [4.78, 5) is 2.36. The second-order valence-electron chi connectivity index (χ2n) is 5.13. The fourth-order valence-corrected chi connectivity index (χ4v) is 1.95. The van der Waals surface area contributed by atoms with Gasteiger partial charge in [0, 0.05) is 37.3 Å². The molecular weight excluding hydrogens is 196 g/mol. The summed E-state index contributed by atoms with van der Waals surface area (Å²) >= 11 is 5.82. The van der Waals surface area contributed by atoms with Crippen molar-refractivity contribution in [2.24, 2.45) is 5.41 Å². The van der Waals surface area contributed by atoms with Gasteiger partial charge in [0.05, 0.1) is 0 Å². The molecule has 1 saturated heterocycles. The highest BCUT2D eigenvalue weighted by Crippen LogP contribution is 2.22. The Balaban J connectivity index is 2.48. The average Bonchev–Trinajstić information content (AvgIpc) is 2.01. The Morgan fingerprint density at radius 1 is 1.57 bits per heavy atom. The van der Waals surface area contributed by atoms with Crippen molar-refractivity contribution in [2.45, 2.75) is 26.8 Å². The minimum absolute atomic E-state index is 0.312. The molecule has 3 heteroatoms. The average molecular weight is 217 g/mol. The van der Waals surface area contributed by atoms with Crippen LogP contribution in [0.25, 0.3) is 0 Å². The number of piperazine rings is 1. The second kappa shape index (κ2) is 4.65. The standard InChI is InChI=1S/C11H21ClN2/c1-9(12)7-14-6-5-13-10(8-14)11(2,3)4/h10,13H,1,5-8H2,2-4H3. The molecule has 14 heavy (non-hydrogen) atoms. The Labute approximate surface area is 92.3 Å². The van der Waals surface area contributed by atoms with E-state index in [-0.39, 0.29) is 0 Å².